The van der Waals surface area contributed by atoms with Crippen molar-refractivity contribution < 1.29 is 4.39 Å². The third-order valence-electron chi connectivity index (χ3n) is 3.62. The van der Waals surface area contributed by atoms with Gasteiger partial charge in [0.15, 0.2) is 5.82 Å². The standard InChI is InChI=1S/C15H14ClFN4/c1-3-9(2)21-8-10(14-12(21)5-4-6-18-14)13-11(17)7-19-15(16)20-13/h4-9H,3H2,1-2H3. The van der Waals surface area contributed by atoms with E-state index in [1.807, 2.05) is 18.3 Å². The van der Waals surface area contributed by atoms with E-state index in [0.717, 1.165) is 18.1 Å². The summed E-state index contributed by atoms with van der Waals surface area (Å²) in [6, 6.07) is 4.12. The second-order valence-electron chi connectivity index (χ2n) is 4.91. The Morgan fingerprint density at radius 2 is 2.19 bits per heavy atom. The predicted molar refractivity (Wildman–Crippen MR) is 80.7 cm³/mol. The van der Waals surface area contributed by atoms with E-state index in [0.29, 0.717) is 11.1 Å². The van der Waals surface area contributed by atoms with Crippen molar-refractivity contribution in [3.8, 4) is 11.3 Å². The van der Waals surface area contributed by atoms with Gasteiger partial charge >= 0.3 is 0 Å². The molecule has 0 radical (unpaired) electrons. The molecule has 4 nitrogen and oxygen atoms in total. The number of pyridine rings is 1. The second kappa shape index (κ2) is 5.41. The third kappa shape index (κ3) is 2.38. The zero-order valence-electron chi connectivity index (χ0n) is 11.7. The first-order valence-corrected chi connectivity index (χ1v) is 7.13. The van der Waals surface area contributed by atoms with E-state index in [4.69, 9.17) is 11.6 Å². The molecule has 0 aromatic carbocycles. The summed E-state index contributed by atoms with van der Waals surface area (Å²) in [6.07, 6.45) is 5.62. The highest BCUT2D eigenvalue weighted by Crippen LogP contribution is 2.32. The van der Waals surface area contributed by atoms with Gasteiger partial charge in [0.1, 0.15) is 5.69 Å². The number of halogens is 2. The first-order chi connectivity index (χ1) is 10.1. The molecule has 1 atom stereocenters. The number of aromatic nitrogens is 4. The minimum atomic E-state index is -0.506. The van der Waals surface area contributed by atoms with E-state index in [2.05, 4.69) is 33.4 Å². The fraction of sp³-hybridized carbons (Fsp3) is 0.267. The summed E-state index contributed by atoms with van der Waals surface area (Å²) >= 11 is 5.80. The average molecular weight is 305 g/mol. The van der Waals surface area contributed by atoms with Crippen LogP contribution in [-0.2, 0) is 0 Å². The monoisotopic (exact) mass is 304 g/mol. The zero-order chi connectivity index (χ0) is 15.0. The Balaban J connectivity index is 2.30. The van der Waals surface area contributed by atoms with Crippen molar-refractivity contribution in [3.63, 3.8) is 0 Å². The van der Waals surface area contributed by atoms with E-state index in [1.54, 1.807) is 6.20 Å². The Morgan fingerprint density at radius 3 is 2.95 bits per heavy atom. The number of hydrogen-bond acceptors (Lipinski definition) is 3. The lowest BCUT2D eigenvalue weighted by Crippen LogP contribution is -2.01. The Labute approximate surface area is 126 Å². The van der Waals surface area contributed by atoms with Crippen molar-refractivity contribution in [2.75, 3.05) is 0 Å². The molecule has 0 fully saturated rings. The maximum Gasteiger partial charge on any atom is 0.223 e. The molecule has 0 amide bonds. The van der Waals surface area contributed by atoms with Gasteiger partial charge in [-0.3, -0.25) is 4.98 Å². The molecule has 6 heteroatoms. The first kappa shape index (κ1) is 13.9. The topological polar surface area (TPSA) is 43.6 Å². The maximum atomic E-state index is 14.1. The molecule has 0 N–H and O–H groups in total. The summed E-state index contributed by atoms with van der Waals surface area (Å²) in [6.45, 7) is 4.22. The smallest absolute Gasteiger partial charge is 0.223 e. The van der Waals surface area contributed by atoms with Crippen LogP contribution in [0.5, 0.6) is 0 Å². The van der Waals surface area contributed by atoms with Crippen LogP contribution in [0.3, 0.4) is 0 Å². The highest BCUT2D eigenvalue weighted by Gasteiger charge is 2.18. The molecule has 21 heavy (non-hydrogen) atoms. The number of hydrogen-bond donors (Lipinski definition) is 0. The van der Waals surface area contributed by atoms with Gasteiger partial charge in [0.25, 0.3) is 0 Å². The highest BCUT2D eigenvalue weighted by molar-refractivity contribution is 6.28. The molecule has 0 saturated carbocycles. The van der Waals surface area contributed by atoms with Crippen LogP contribution in [0.4, 0.5) is 4.39 Å². The van der Waals surface area contributed by atoms with Crippen LogP contribution in [0.1, 0.15) is 26.3 Å². The van der Waals surface area contributed by atoms with Gasteiger partial charge in [0, 0.05) is 24.0 Å². The van der Waals surface area contributed by atoms with E-state index < -0.39 is 5.82 Å². The van der Waals surface area contributed by atoms with E-state index >= 15 is 0 Å². The van der Waals surface area contributed by atoms with Crippen LogP contribution in [0, 0.1) is 5.82 Å². The second-order valence-corrected chi connectivity index (χ2v) is 5.25. The van der Waals surface area contributed by atoms with Crippen LogP contribution in [0.15, 0.2) is 30.7 Å². The van der Waals surface area contributed by atoms with Gasteiger partial charge in [-0.05, 0) is 37.1 Å². The van der Waals surface area contributed by atoms with Crippen LogP contribution in [-0.4, -0.2) is 19.5 Å². The van der Waals surface area contributed by atoms with Crippen molar-refractivity contribution in [1.29, 1.82) is 0 Å². The first-order valence-electron chi connectivity index (χ1n) is 6.75. The Hall–Kier alpha value is -2.01. The fourth-order valence-electron chi connectivity index (χ4n) is 2.35. The largest absolute Gasteiger partial charge is 0.343 e. The average Bonchev–Trinajstić information content (AvgIpc) is 2.88. The van der Waals surface area contributed by atoms with Gasteiger partial charge in [-0.2, -0.15) is 0 Å². The third-order valence-corrected chi connectivity index (χ3v) is 3.81. The minimum absolute atomic E-state index is 0.0202. The molecule has 3 aromatic heterocycles. The van der Waals surface area contributed by atoms with Crippen LogP contribution < -0.4 is 0 Å². The van der Waals surface area contributed by atoms with E-state index in [9.17, 15) is 4.39 Å². The molecule has 0 aliphatic heterocycles. The number of nitrogens with zero attached hydrogens (tertiary/aromatic N) is 4. The minimum Gasteiger partial charge on any atom is -0.343 e. The van der Waals surface area contributed by atoms with Gasteiger partial charge in [-0.15, -0.1) is 0 Å². The molecule has 3 rings (SSSR count). The predicted octanol–water partition coefficient (Wildman–Crippen LogP) is 4.26. The van der Waals surface area contributed by atoms with Gasteiger partial charge in [-0.25, -0.2) is 14.4 Å². The summed E-state index contributed by atoms with van der Waals surface area (Å²) in [4.78, 5) is 12.0. The molecule has 3 heterocycles. The Bertz CT molecular complexity index is 799. The molecular formula is C15H14ClFN4. The lowest BCUT2D eigenvalue weighted by atomic mass is 10.2. The Morgan fingerprint density at radius 1 is 1.38 bits per heavy atom. The summed E-state index contributed by atoms with van der Waals surface area (Å²) in [7, 11) is 0. The van der Waals surface area contributed by atoms with Gasteiger partial charge < -0.3 is 4.57 Å². The molecule has 108 valence electrons. The SMILES string of the molecule is CCC(C)n1cc(-c2nc(Cl)ncc2F)c2ncccc21. The van der Waals surface area contributed by atoms with Crippen molar-refractivity contribution in [1.82, 2.24) is 19.5 Å². The Kier molecular flexibility index (Phi) is 3.59. The van der Waals surface area contributed by atoms with E-state index in [1.165, 1.54) is 0 Å². The quantitative estimate of drug-likeness (QED) is 0.679. The van der Waals surface area contributed by atoms with Crippen molar-refractivity contribution >= 4 is 22.6 Å². The van der Waals surface area contributed by atoms with Crippen LogP contribution in [0.2, 0.25) is 5.28 Å². The summed E-state index contributed by atoms with van der Waals surface area (Å²) < 4.78 is 16.1. The molecule has 0 saturated heterocycles. The van der Waals surface area contributed by atoms with Crippen molar-refractivity contribution in [2.45, 2.75) is 26.3 Å². The van der Waals surface area contributed by atoms with Crippen molar-refractivity contribution in [2.24, 2.45) is 0 Å². The number of fused-ring (bicyclic) bond motifs is 1. The molecule has 3 aromatic rings. The molecular weight excluding hydrogens is 291 g/mol. The molecule has 0 aliphatic carbocycles. The van der Waals surface area contributed by atoms with Crippen LogP contribution in [0.25, 0.3) is 22.3 Å². The van der Waals surface area contributed by atoms with Gasteiger partial charge in [-0.1, -0.05) is 6.92 Å². The zero-order valence-corrected chi connectivity index (χ0v) is 12.5. The summed E-state index contributed by atoms with van der Waals surface area (Å²) in [5.74, 6) is -0.506. The lowest BCUT2D eigenvalue weighted by Gasteiger charge is -2.11. The van der Waals surface area contributed by atoms with Gasteiger partial charge in [0.2, 0.25) is 5.28 Å². The normalized spacial score (nSPS) is 12.8. The molecule has 1 unspecified atom stereocenters. The summed E-state index contributed by atoms with van der Waals surface area (Å²) in [5, 5.41) is 0.0202. The van der Waals surface area contributed by atoms with Crippen molar-refractivity contribution in [3.05, 3.63) is 41.8 Å². The maximum absolute atomic E-state index is 14.1. The summed E-state index contributed by atoms with van der Waals surface area (Å²) in [5.41, 5.74) is 2.48. The highest BCUT2D eigenvalue weighted by atomic mass is 35.5. The molecule has 0 aliphatic rings. The van der Waals surface area contributed by atoms with Gasteiger partial charge in [0.05, 0.1) is 17.2 Å². The number of rotatable bonds is 3. The lowest BCUT2D eigenvalue weighted by molar-refractivity contribution is 0.548. The molecule has 0 bridgehead atoms. The molecule has 0 spiro atoms. The van der Waals surface area contributed by atoms with Crippen LogP contribution >= 0.6 is 11.6 Å². The fourth-order valence-corrected chi connectivity index (χ4v) is 2.48. The van der Waals surface area contributed by atoms with E-state index in [-0.39, 0.29) is 17.0 Å².